The summed E-state index contributed by atoms with van der Waals surface area (Å²) in [4.78, 5) is 12.3. The van der Waals surface area contributed by atoms with Crippen LogP contribution in [-0.4, -0.2) is 11.5 Å². The van der Waals surface area contributed by atoms with Gasteiger partial charge in [0.2, 0.25) is 0 Å². The van der Waals surface area contributed by atoms with E-state index in [0.29, 0.717) is 5.56 Å². The molecule has 1 aliphatic rings. The van der Waals surface area contributed by atoms with Crippen molar-refractivity contribution in [1.82, 2.24) is 0 Å². The molecule has 136 valence electrons. The van der Waals surface area contributed by atoms with Crippen LogP contribution in [0, 0.1) is 5.82 Å². The van der Waals surface area contributed by atoms with Gasteiger partial charge in [-0.15, -0.1) is 11.3 Å². The SMILES string of the molecule is CC1(C)C=Cc2cccc(-c3csc(NC(=O)c4ccc(F)cc4)c3)c2O1. The fraction of sp³-hybridized carbons (Fsp3) is 0.136. The predicted molar refractivity (Wildman–Crippen MR) is 108 cm³/mol. The Hall–Kier alpha value is -2.92. The van der Waals surface area contributed by atoms with E-state index < -0.39 is 0 Å². The number of para-hydroxylation sites is 1. The second-order valence-electron chi connectivity index (χ2n) is 6.92. The monoisotopic (exact) mass is 379 g/mol. The quantitative estimate of drug-likeness (QED) is 0.607. The molecule has 0 saturated heterocycles. The highest BCUT2D eigenvalue weighted by Crippen LogP contribution is 2.41. The number of thiophene rings is 1. The average Bonchev–Trinajstić information content (AvgIpc) is 3.09. The summed E-state index contributed by atoms with van der Waals surface area (Å²) in [5, 5.41) is 5.58. The van der Waals surface area contributed by atoms with Crippen LogP contribution in [0.5, 0.6) is 5.75 Å². The highest BCUT2D eigenvalue weighted by atomic mass is 32.1. The molecule has 3 nitrogen and oxygen atoms in total. The van der Waals surface area contributed by atoms with Crippen LogP contribution in [-0.2, 0) is 0 Å². The summed E-state index contributed by atoms with van der Waals surface area (Å²) >= 11 is 1.44. The van der Waals surface area contributed by atoms with Crippen molar-refractivity contribution in [3.63, 3.8) is 0 Å². The van der Waals surface area contributed by atoms with Crippen molar-refractivity contribution in [2.24, 2.45) is 0 Å². The van der Waals surface area contributed by atoms with Gasteiger partial charge in [0.1, 0.15) is 17.2 Å². The molecule has 1 amide bonds. The zero-order valence-corrected chi connectivity index (χ0v) is 15.8. The Labute approximate surface area is 161 Å². The summed E-state index contributed by atoms with van der Waals surface area (Å²) in [6, 6.07) is 13.4. The Morgan fingerprint density at radius 2 is 1.93 bits per heavy atom. The van der Waals surface area contributed by atoms with Crippen molar-refractivity contribution in [3.05, 3.63) is 76.9 Å². The molecule has 4 rings (SSSR count). The lowest BCUT2D eigenvalue weighted by Crippen LogP contribution is -2.27. The highest BCUT2D eigenvalue weighted by molar-refractivity contribution is 7.14. The second-order valence-corrected chi connectivity index (χ2v) is 7.83. The van der Waals surface area contributed by atoms with Crippen LogP contribution in [0.2, 0.25) is 0 Å². The number of nitrogens with one attached hydrogen (secondary N) is 1. The molecule has 0 saturated carbocycles. The molecule has 0 atom stereocenters. The predicted octanol–water partition coefficient (Wildman–Crippen LogP) is 5.99. The Morgan fingerprint density at radius 1 is 1.15 bits per heavy atom. The maximum atomic E-state index is 13.0. The molecule has 27 heavy (non-hydrogen) atoms. The molecule has 5 heteroatoms. The van der Waals surface area contributed by atoms with Crippen molar-refractivity contribution in [3.8, 4) is 16.9 Å². The first-order valence-corrected chi connectivity index (χ1v) is 9.46. The molecule has 0 radical (unpaired) electrons. The van der Waals surface area contributed by atoms with E-state index in [9.17, 15) is 9.18 Å². The Morgan fingerprint density at radius 3 is 2.70 bits per heavy atom. The first-order valence-electron chi connectivity index (χ1n) is 8.58. The van der Waals surface area contributed by atoms with Crippen molar-refractivity contribution >= 4 is 28.3 Å². The van der Waals surface area contributed by atoms with E-state index in [2.05, 4.69) is 11.4 Å². The smallest absolute Gasteiger partial charge is 0.256 e. The van der Waals surface area contributed by atoms with E-state index >= 15 is 0 Å². The topological polar surface area (TPSA) is 38.3 Å². The van der Waals surface area contributed by atoms with Crippen LogP contribution in [0.1, 0.15) is 29.8 Å². The maximum Gasteiger partial charge on any atom is 0.256 e. The van der Waals surface area contributed by atoms with Gasteiger partial charge in [0, 0.05) is 22.1 Å². The van der Waals surface area contributed by atoms with Crippen molar-refractivity contribution in [1.29, 1.82) is 0 Å². The number of carbonyl (C=O) groups is 1. The largest absolute Gasteiger partial charge is 0.483 e. The fourth-order valence-corrected chi connectivity index (χ4v) is 3.74. The molecular formula is C22H18FNO2S. The molecule has 0 spiro atoms. The molecular weight excluding hydrogens is 361 g/mol. The van der Waals surface area contributed by atoms with Gasteiger partial charge in [-0.2, -0.15) is 0 Å². The number of hydrogen-bond acceptors (Lipinski definition) is 3. The van der Waals surface area contributed by atoms with Gasteiger partial charge in [-0.25, -0.2) is 4.39 Å². The zero-order valence-electron chi connectivity index (χ0n) is 15.0. The van der Waals surface area contributed by atoms with Gasteiger partial charge in [0.25, 0.3) is 5.91 Å². The minimum Gasteiger partial charge on any atom is -0.483 e. The van der Waals surface area contributed by atoms with E-state index in [0.717, 1.165) is 27.4 Å². The van der Waals surface area contributed by atoms with E-state index in [4.69, 9.17) is 4.74 Å². The summed E-state index contributed by atoms with van der Waals surface area (Å²) in [7, 11) is 0. The number of carbonyl (C=O) groups excluding carboxylic acids is 1. The van der Waals surface area contributed by atoms with Gasteiger partial charge in [0.05, 0.1) is 5.00 Å². The molecule has 2 heterocycles. The Balaban J connectivity index is 1.60. The van der Waals surface area contributed by atoms with E-state index in [1.807, 2.05) is 49.6 Å². The maximum absolute atomic E-state index is 13.0. The number of hydrogen-bond donors (Lipinski definition) is 1. The van der Waals surface area contributed by atoms with Crippen LogP contribution in [0.3, 0.4) is 0 Å². The number of anilines is 1. The number of fused-ring (bicyclic) bond motifs is 1. The molecule has 0 fully saturated rings. The molecule has 0 bridgehead atoms. The molecule has 1 aromatic heterocycles. The van der Waals surface area contributed by atoms with Crippen molar-refractivity contribution in [2.75, 3.05) is 5.32 Å². The minimum absolute atomic E-state index is 0.265. The second kappa shape index (κ2) is 6.67. The van der Waals surface area contributed by atoms with Crippen LogP contribution in [0.4, 0.5) is 9.39 Å². The number of amides is 1. The first kappa shape index (κ1) is 17.5. The zero-order chi connectivity index (χ0) is 19.0. The molecule has 2 aromatic carbocycles. The van der Waals surface area contributed by atoms with Gasteiger partial charge >= 0.3 is 0 Å². The Kier molecular flexibility index (Phi) is 4.32. The fourth-order valence-electron chi connectivity index (χ4n) is 2.94. The van der Waals surface area contributed by atoms with Crippen LogP contribution in [0.15, 0.2) is 60.0 Å². The van der Waals surface area contributed by atoms with Gasteiger partial charge in [0.15, 0.2) is 0 Å². The summed E-state index contributed by atoms with van der Waals surface area (Å²) in [5.41, 5.74) is 3.06. The van der Waals surface area contributed by atoms with Crippen LogP contribution in [0.25, 0.3) is 17.2 Å². The average molecular weight is 379 g/mol. The summed E-state index contributed by atoms with van der Waals surface area (Å²) in [6.07, 6.45) is 4.12. The lowest BCUT2D eigenvalue weighted by atomic mass is 9.97. The van der Waals surface area contributed by atoms with Gasteiger partial charge < -0.3 is 10.1 Å². The standard InChI is InChI=1S/C22H18FNO2S/c1-22(2)11-10-14-4-3-5-18(20(14)26-22)16-12-19(27-13-16)24-21(25)15-6-8-17(23)9-7-15/h3-13H,1-2H3,(H,24,25). The molecule has 1 aliphatic heterocycles. The van der Waals surface area contributed by atoms with Crippen LogP contribution < -0.4 is 10.1 Å². The first-order chi connectivity index (χ1) is 12.9. The van der Waals surface area contributed by atoms with E-state index in [1.165, 1.54) is 35.6 Å². The van der Waals surface area contributed by atoms with Crippen molar-refractivity contribution < 1.29 is 13.9 Å². The normalized spacial score (nSPS) is 14.3. The lowest BCUT2D eigenvalue weighted by molar-refractivity contribution is 0.102. The summed E-state index contributed by atoms with van der Waals surface area (Å²) < 4.78 is 19.2. The Bertz CT molecular complexity index is 1030. The number of halogens is 1. The summed E-state index contributed by atoms with van der Waals surface area (Å²) in [6.45, 7) is 4.04. The molecule has 0 unspecified atom stereocenters. The van der Waals surface area contributed by atoms with Crippen LogP contribution >= 0.6 is 11.3 Å². The highest BCUT2D eigenvalue weighted by Gasteiger charge is 2.24. The third-order valence-electron chi connectivity index (χ3n) is 4.33. The molecule has 0 aliphatic carbocycles. The summed E-state index contributed by atoms with van der Waals surface area (Å²) in [5.74, 6) is 0.216. The number of rotatable bonds is 3. The third kappa shape index (κ3) is 3.64. The van der Waals surface area contributed by atoms with Gasteiger partial charge in [-0.3, -0.25) is 4.79 Å². The molecule has 3 aromatic rings. The van der Waals surface area contributed by atoms with E-state index in [-0.39, 0.29) is 17.3 Å². The van der Waals surface area contributed by atoms with Gasteiger partial charge in [-0.1, -0.05) is 24.3 Å². The lowest BCUT2D eigenvalue weighted by Gasteiger charge is -2.29. The number of ether oxygens (including phenoxy) is 1. The van der Waals surface area contributed by atoms with Gasteiger partial charge in [-0.05, 0) is 55.8 Å². The van der Waals surface area contributed by atoms with Crippen molar-refractivity contribution in [2.45, 2.75) is 19.4 Å². The third-order valence-corrected chi connectivity index (χ3v) is 5.17. The van der Waals surface area contributed by atoms with E-state index in [1.54, 1.807) is 0 Å². The number of benzene rings is 2. The molecule has 1 N–H and O–H groups in total. The minimum atomic E-state index is -0.365.